The van der Waals surface area contributed by atoms with Crippen molar-refractivity contribution in [2.75, 3.05) is 4.72 Å². The fourth-order valence-corrected chi connectivity index (χ4v) is 2.99. The van der Waals surface area contributed by atoms with Gasteiger partial charge in [-0.2, -0.15) is 0 Å². The average Bonchev–Trinajstić information content (AvgIpc) is 2.38. The van der Waals surface area contributed by atoms with Gasteiger partial charge in [0.25, 0.3) is 15.7 Å². The van der Waals surface area contributed by atoms with Crippen molar-refractivity contribution in [1.82, 2.24) is 9.97 Å². The Morgan fingerprint density at radius 1 is 1.29 bits per heavy atom. The molecule has 1 aromatic carbocycles. The lowest BCUT2D eigenvalue weighted by Gasteiger charge is -2.09. The van der Waals surface area contributed by atoms with Gasteiger partial charge in [0.1, 0.15) is 17.3 Å². The van der Waals surface area contributed by atoms with E-state index in [-0.39, 0.29) is 21.6 Å². The minimum Gasteiger partial charge on any atom is -0.263 e. The summed E-state index contributed by atoms with van der Waals surface area (Å²) in [6, 6.07) is 4.81. The predicted octanol–water partition coefficient (Wildman–Crippen LogP) is 2.15. The minimum atomic E-state index is -4.02. The fourth-order valence-electron chi connectivity index (χ4n) is 1.57. The normalized spacial score (nSPS) is 11.1. The van der Waals surface area contributed by atoms with E-state index in [1.807, 2.05) is 0 Å². The van der Waals surface area contributed by atoms with Crippen LogP contribution in [0, 0.1) is 17.0 Å². The summed E-state index contributed by atoms with van der Waals surface area (Å²) < 4.78 is 26.7. The van der Waals surface area contributed by atoms with Gasteiger partial charge in [0, 0.05) is 18.2 Å². The van der Waals surface area contributed by atoms with Crippen LogP contribution in [-0.2, 0) is 10.0 Å². The Balaban J connectivity index is 2.44. The topological polar surface area (TPSA) is 115 Å². The van der Waals surface area contributed by atoms with Crippen LogP contribution in [0.25, 0.3) is 0 Å². The smallest absolute Gasteiger partial charge is 0.263 e. The molecule has 1 heterocycles. The molecule has 1 N–H and O–H groups in total. The Morgan fingerprint density at radius 3 is 2.62 bits per heavy atom. The van der Waals surface area contributed by atoms with Crippen molar-refractivity contribution in [3.63, 3.8) is 0 Å². The Morgan fingerprint density at radius 2 is 2.00 bits per heavy atom. The van der Waals surface area contributed by atoms with Crippen molar-refractivity contribution in [2.45, 2.75) is 11.8 Å². The molecular weight excluding hydrogens is 320 g/mol. The van der Waals surface area contributed by atoms with E-state index < -0.39 is 14.9 Å². The molecule has 0 aliphatic heterocycles. The summed E-state index contributed by atoms with van der Waals surface area (Å²) in [7, 11) is -4.02. The number of aromatic nitrogens is 2. The second-order valence-corrected chi connectivity index (χ2v) is 6.08. The summed E-state index contributed by atoms with van der Waals surface area (Å²) in [4.78, 5) is 17.2. The number of nitrogens with one attached hydrogen (secondary N) is 1. The second kappa shape index (κ2) is 5.62. The molecule has 0 spiro atoms. The third-order valence-corrected chi connectivity index (χ3v) is 4.25. The first-order valence-electron chi connectivity index (χ1n) is 5.55. The number of nitro benzene ring substituents is 1. The number of rotatable bonds is 4. The van der Waals surface area contributed by atoms with E-state index in [1.54, 1.807) is 0 Å². The number of hydrogen-bond donors (Lipinski definition) is 1. The first-order chi connectivity index (χ1) is 9.79. The van der Waals surface area contributed by atoms with Gasteiger partial charge in [-0.1, -0.05) is 17.7 Å². The van der Waals surface area contributed by atoms with E-state index in [0.717, 1.165) is 12.4 Å². The molecule has 2 rings (SSSR count). The Labute approximate surface area is 125 Å². The molecule has 21 heavy (non-hydrogen) atoms. The second-order valence-electron chi connectivity index (χ2n) is 4.04. The fraction of sp³-hybridized carbons (Fsp3) is 0.0909. The zero-order valence-corrected chi connectivity index (χ0v) is 12.2. The Hall–Kier alpha value is -2.26. The summed E-state index contributed by atoms with van der Waals surface area (Å²) in [5.74, 6) is -0.0269. The monoisotopic (exact) mass is 328 g/mol. The molecule has 0 bridgehead atoms. The van der Waals surface area contributed by atoms with E-state index in [9.17, 15) is 18.5 Å². The number of anilines is 1. The maximum absolute atomic E-state index is 12.3. The van der Waals surface area contributed by atoms with Crippen molar-refractivity contribution in [1.29, 1.82) is 0 Å². The number of benzene rings is 1. The molecule has 0 aliphatic rings. The largest absolute Gasteiger partial charge is 0.270 e. The molecule has 0 unspecified atom stereocenters. The average molecular weight is 329 g/mol. The highest BCUT2D eigenvalue weighted by molar-refractivity contribution is 7.92. The van der Waals surface area contributed by atoms with Gasteiger partial charge in [-0.25, -0.2) is 18.4 Å². The molecule has 0 saturated heterocycles. The van der Waals surface area contributed by atoms with Gasteiger partial charge in [-0.05, 0) is 12.5 Å². The van der Waals surface area contributed by atoms with Crippen molar-refractivity contribution < 1.29 is 13.3 Å². The molecule has 2 aromatic rings. The van der Waals surface area contributed by atoms with Gasteiger partial charge < -0.3 is 0 Å². The SMILES string of the molecule is Cc1ccc([N+](=O)[O-])cc1S(=O)(=O)Nc1cc(Cl)ncn1. The molecule has 0 amide bonds. The summed E-state index contributed by atoms with van der Waals surface area (Å²) in [6.07, 6.45) is 1.10. The molecule has 0 fully saturated rings. The van der Waals surface area contributed by atoms with Crippen molar-refractivity contribution in [3.05, 3.63) is 51.4 Å². The summed E-state index contributed by atoms with van der Waals surface area (Å²) in [5.41, 5.74) is 0.0509. The molecule has 0 radical (unpaired) electrons. The lowest BCUT2D eigenvalue weighted by molar-refractivity contribution is -0.385. The van der Waals surface area contributed by atoms with E-state index >= 15 is 0 Å². The van der Waals surface area contributed by atoms with E-state index in [2.05, 4.69) is 14.7 Å². The van der Waals surface area contributed by atoms with Crippen LogP contribution in [0.4, 0.5) is 11.5 Å². The highest BCUT2D eigenvalue weighted by atomic mass is 35.5. The number of nitro groups is 1. The predicted molar refractivity (Wildman–Crippen MR) is 75.7 cm³/mol. The number of aryl methyl sites for hydroxylation is 1. The van der Waals surface area contributed by atoms with Crippen LogP contribution in [0.5, 0.6) is 0 Å². The number of sulfonamides is 1. The molecule has 0 aliphatic carbocycles. The van der Waals surface area contributed by atoms with E-state index in [4.69, 9.17) is 11.6 Å². The number of hydrogen-bond acceptors (Lipinski definition) is 6. The van der Waals surface area contributed by atoms with Crippen LogP contribution in [0.1, 0.15) is 5.56 Å². The number of non-ortho nitro benzene ring substituents is 1. The molecule has 0 atom stereocenters. The highest BCUT2D eigenvalue weighted by Gasteiger charge is 2.21. The molecule has 0 saturated carbocycles. The lowest BCUT2D eigenvalue weighted by atomic mass is 10.2. The minimum absolute atomic E-state index is 0.0269. The highest BCUT2D eigenvalue weighted by Crippen LogP contribution is 2.23. The van der Waals surface area contributed by atoms with Gasteiger partial charge in [0.15, 0.2) is 0 Å². The van der Waals surface area contributed by atoms with Crippen molar-refractivity contribution >= 4 is 33.1 Å². The number of halogens is 1. The van der Waals surface area contributed by atoms with Gasteiger partial charge in [-0.15, -0.1) is 0 Å². The Bertz CT molecular complexity index is 810. The van der Waals surface area contributed by atoms with Crippen molar-refractivity contribution in [2.24, 2.45) is 0 Å². The third kappa shape index (κ3) is 3.44. The summed E-state index contributed by atoms with van der Waals surface area (Å²) in [5, 5.41) is 10.8. The number of nitrogens with zero attached hydrogens (tertiary/aromatic N) is 3. The molecule has 110 valence electrons. The van der Waals surface area contributed by atoms with Gasteiger partial charge >= 0.3 is 0 Å². The van der Waals surface area contributed by atoms with Crippen LogP contribution < -0.4 is 4.72 Å². The van der Waals surface area contributed by atoms with Gasteiger partial charge in [0.05, 0.1) is 9.82 Å². The van der Waals surface area contributed by atoms with Crippen LogP contribution in [0.2, 0.25) is 5.15 Å². The van der Waals surface area contributed by atoms with E-state index in [1.165, 1.54) is 25.1 Å². The maximum atomic E-state index is 12.3. The van der Waals surface area contributed by atoms with Crippen molar-refractivity contribution in [3.8, 4) is 0 Å². The zero-order valence-electron chi connectivity index (χ0n) is 10.6. The third-order valence-electron chi connectivity index (χ3n) is 2.54. The van der Waals surface area contributed by atoms with E-state index in [0.29, 0.717) is 5.56 Å². The first kappa shape index (κ1) is 15.1. The van der Waals surface area contributed by atoms with Gasteiger partial charge in [0.2, 0.25) is 0 Å². The summed E-state index contributed by atoms with van der Waals surface area (Å²) in [6.45, 7) is 1.53. The maximum Gasteiger partial charge on any atom is 0.270 e. The lowest BCUT2D eigenvalue weighted by Crippen LogP contribution is -2.15. The standard InChI is InChI=1S/C11H9ClN4O4S/c1-7-2-3-8(16(17)18)4-9(7)21(19,20)15-11-5-10(12)13-6-14-11/h2-6H,1H3,(H,13,14,15). The van der Waals surface area contributed by atoms with Gasteiger partial charge in [-0.3, -0.25) is 14.8 Å². The van der Waals surface area contributed by atoms with Crippen LogP contribution in [0.15, 0.2) is 35.5 Å². The van der Waals surface area contributed by atoms with Crippen LogP contribution >= 0.6 is 11.6 Å². The molecular formula is C11H9ClN4O4S. The summed E-state index contributed by atoms with van der Waals surface area (Å²) >= 11 is 5.64. The molecule has 10 heteroatoms. The zero-order chi connectivity index (χ0) is 15.6. The molecule has 8 nitrogen and oxygen atoms in total. The quantitative estimate of drug-likeness (QED) is 0.522. The van der Waals surface area contributed by atoms with Crippen LogP contribution in [-0.4, -0.2) is 23.3 Å². The molecule has 1 aromatic heterocycles. The van der Waals surface area contributed by atoms with Crippen LogP contribution in [0.3, 0.4) is 0 Å². The first-order valence-corrected chi connectivity index (χ1v) is 7.41. The Kier molecular flexibility index (Phi) is 4.05.